The van der Waals surface area contributed by atoms with Gasteiger partial charge in [-0.05, 0) is 0 Å². The lowest BCUT2D eigenvalue weighted by Gasteiger charge is -2.12. The summed E-state index contributed by atoms with van der Waals surface area (Å²) in [6.07, 6.45) is 0.0176. The van der Waals surface area contributed by atoms with Crippen molar-refractivity contribution in [2.75, 3.05) is 6.54 Å². The van der Waals surface area contributed by atoms with E-state index in [1.54, 1.807) is 0 Å². The average molecular weight is 200 g/mol. The number of hydrazine groups is 1. The molecule has 7 heteroatoms. The number of likely N-dealkylation sites (tertiary alicyclic amines) is 1. The van der Waals surface area contributed by atoms with Crippen molar-refractivity contribution in [3.63, 3.8) is 0 Å². The summed E-state index contributed by atoms with van der Waals surface area (Å²) >= 11 is 0. The van der Waals surface area contributed by atoms with Crippen molar-refractivity contribution in [2.24, 2.45) is 11.6 Å². The van der Waals surface area contributed by atoms with Crippen LogP contribution in [0.2, 0.25) is 0 Å². The molecule has 1 unspecified atom stereocenters. The van der Waals surface area contributed by atoms with E-state index in [1.165, 1.54) is 0 Å². The van der Waals surface area contributed by atoms with Gasteiger partial charge in [-0.15, -0.1) is 0 Å². The quantitative estimate of drug-likeness (QED) is 0.200. The molecule has 0 aliphatic carbocycles. The summed E-state index contributed by atoms with van der Waals surface area (Å²) in [4.78, 5) is 34.1. The molecule has 0 aromatic rings. The highest BCUT2D eigenvalue weighted by atomic mass is 16.2. The molecule has 0 aromatic carbocycles. The first kappa shape index (κ1) is 10.6. The zero-order valence-corrected chi connectivity index (χ0v) is 7.53. The third kappa shape index (κ3) is 2.06. The maximum Gasteiger partial charge on any atom is 0.246 e. The third-order valence-corrected chi connectivity index (χ3v) is 2.00. The van der Waals surface area contributed by atoms with Gasteiger partial charge in [0, 0.05) is 13.0 Å². The fourth-order valence-electron chi connectivity index (χ4n) is 1.23. The van der Waals surface area contributed by atoms with Gasteiger partial charge in [0.1, 0.15) is 0 Å². The molecule has 14 heavy (non-hydrogen) atoms. The van der Waals surface area contributed by atoms with Gasteiger partial charge in [0.05, 0.1) is 12.5 Å². The number of rotatable bonds is 3. The molecule has 0 saturated carbocycles. The van der Waals surface area contributed by atoms with Gasteiger partial charge < -0.3 is 5.73 Å². The molecule has 1 rings (SSSR count). The molecule has 1 heterocycles. The van der Waals surface area contributed by atoms with Crippen LogP contribution in [0.15, 0.2) is 0 Å². The van der Waals surface area contributed by atoms with E-state index >= 15 is 0 Å². The highest BCUT2D eigenvalue weighted by Crippen LogP contribution is 2.10. The van der Waals surface area contributed by atoms with Crippen LogP contribution in [0, 0.1) is 0 Å². The van der Waals surface area contributed by atoms with Crippen molar-refractivity contribution < 1.29 is 14.4 Å². The Morgan fingerprint density at radius 3 is 2.64 bits per heavy atom. The van der Waals surface area contributed by atoms with Crippen molar-refractivity contribution >= 4 is 17.7 Å². The van der Waals surface area contributed by atoms with Crippen molar-refractivity contribution in [3.8, 4) is 0 Å². The Morgan fingerprint density at radius 2 is 2.21 bits per heavy atom. The molecule has 78 valence electrons. The Labute approximate surface area is 80.4 Å². The first-order valence-corrected chi connectivity index (χ1v) is 4.15. The number of nitrogens with one attached hydrogen (secondary N) is 1. The molecule has 5 N–H and O–H groups in total. The summed E-state index contributed by atoms with van der Waals surface area (Å²) in [6.45, 7) is 0.0361. The van der Waals surface area contributed by atoms with Crippen LogP contribution in [0.1, 0.15) is 12.8 Å². The number of hydrogen-bond acceptors (Lipinski definition) is 5. The number of imide groups is 1. The standard InChI is InChI=1S/C7H12N4O3/c8-4-3-6(13)11(7(4)14)2-1-5(12)10-9/h4H,1-3,8-9H2,(H,10,12). The summed E-state index contributed by atoms with van der Waals surface area (Å²) < 4.78 is 0. The van der Waals surface area contributed by atoms with E-state index in [9.17, 15) is 14.4 Å². The summed E-state index contributed by atoms with van der Waals surface area (Å²) in [5, 5.41) is 0. The lowest BCUT2D eigenvalue weighted by molar-refractivity contribution is -0.139. The van der Waals surface area contributed by atoms with Crippen LogP contribution in [-0.2, 0) is 14.4 Å². The number of amides is 3. The monoisotopic (exact) mass is 200 g/mol. The zero-order valence-electron chi connectivity index (χ0n) is 7.53. The largest absolute Gasteiger partial charge is 0.319 e. The van der Waals surface area contributed by atoms with Gasteiger partial charge in [-0.3, -0.25) is 24.7 Å². The van der Waals surface area contributed by atoms with E-state index < -0.39 is 17.9 Å². The maximum absolute atomic E-state index is 11.2. The van der Waals surface area contributed by atoms with Crippen molar-refractivity contribution in [1.29, 1.82) is 0 Å². The minimum Gasteiger partial charge on any atom is -0.319 e. The lowest BCUT2D eigenvalue weighted by Crippen LogP contribution is -2.39. The van der Waals surface area contributed by atoms with Gasteiger partial charge >= 0.3 is 0 Å². The SMILES string of the molecule is NNC(=O)CCN1C(=O)CC(N)C1=O. The fourth-order valence-corrected chi connectivity index (χ4v) is 1.23. The first-order valence-electron chi connectivity index (χ1n) is 4.15. The van der Waals surface area contributed by atoms with Crippen molar-refractivity contribution in [3.05, 3.63) is 0 Å². The third-order valence-electron chi connectivity index (χ3n) is 2.00. The molecule has 1 saturated heterocycles. The Hall–Kier alpha value is -1.47. The Kier molecular flexibility index (Phi) is 3.15. The van der Waals surface area contributed by atoms with Crippen LogP contribution in [-0.4, -0.2) is 35.2 Å². The van der Waals surface area contributed by atoms with Gasteiger partial charge in [-0.2, -0.15) is 0 Å². The highest BCUT2D eigenvalue weighted by Gasteiger charge is 2.35. The minimum absolute atomic E-state index is 0.000694. The number of carbonyl (C=O) groups excluding carboxylic acids is 3. The van der Waals surface area contributed by atoms with Crippen LogP contribution in [0.5, 0.6) is 0 Å². The Balaban J connectivity index is 2.48. The number of nitrogens with zero attached hydrogens (tertiary/aromatic N) is 1. The predicted octanol–water partition coefficient (Wildman–Crippen LogP) is -2.55. The molecule has 1 aliphatic rings. The molecule has 1 fully saturated rings. The molecular weight excluding hydrogens is 188 g/mol. The minimum atomic E-state index is -0.761. The normalized spacial score (nSPS) is 21.6. The zero-order chi connectivity index (χ0) is 10.7. The van der Waals surface area contributed by atoms with Crippen LogP contribution in [0.25, 0.3) is 0 Å². The molecule has 0 spiro atoms. The molecule has 3 amide bonds. The maximum atomic E-state index is 11.2. The van der Waals surface area contributed by atoms with E-state index in [-0.39, 0.29) is 25.3 Å². The van der Waals surface area contributed by atoms with Gasteiger partial charge in [0.25, 0.3) is 0 Å². The fraction of sp³-hybridized carbons (Fsp3) is 0.571. The van der Waals surface area contributed by atoms with E-state index in [0.29, 0.717) is 0 Å². The van der Waals surface area contributed by atoms with E-state index in [0.717, 1.165) is 4.90 Å². The molecule has 0 radical (unpaired) electrons. The molecular formula is C7H12N4O3. The number of carbonyl (C=O) groups is 3. The van der Waals surface area contributed by atoms with Gasteiger partial charge in [-0.1, -0.05) is 0 Å². The van der Waals surface area contributed by atoms with Crippen LogP contribution < -0.4 is 17.0 Å². The molecule has 0 aromatic heterocycles. The molecule has 7 nitrogen and oxygen atoms in total. The van der Waals surface area contributed by atoms with Gasteiger partial charge in [-0.25, -0.2) is 5.84 Å². The summed E-state index contributed by atoms with van der Waals surface area (Å²) in [5.74, 6) is 3.64. The lowest BCUT2D eigenvalue weighted by atomic mass is 10.3. The molecule has 0 bridgehead atoms. The van der Waals surface area contributed by atoms with Crippen LogP contribution in [0.3, 0.4) is 0 Å². The summed E-state index contributed by atoms with van der Waals surface area (Å²) in [7, 11) is 0. The topological polar surface area (TPSA) is 119 Å². The second-order valence-electron chi connectivity index (χ2n) is 3.01. The smallest absolute Gasteiger partial charge is 0.246 e. The Morgan fingerprint density at radius 1 is 1.57 bits per heavy atom. The molecule has 1 aliphatic heterocycles. The second kappa shape index (κ2) is 4.16. The summed E-state index contributed by atoms with van der Waals surface area (Å²) in [6, 6.07) is -0.761. The van der Waals surface area contributed by atoms with Crippen molar-refractivity contribution in [1.82, 2.24) is 10.3 Å². The number of nitrogens with two attached hydrogens (primary N) is 2. The average Bonchev–Trinajstić information content (AvgIpc) is 2.39. The number of hydrogen-bond donors (Lipinski definition) is 3. The van der Waals surface area contributed by atoms with Crippen LogP contribution in [0.4, 0.5) is 0 Å². The highest BCUT2D eigenvalue weighted by molar-refractivity contribution is 6.05. The molecule has 1 atom stereocenters. The summed E-state index contributed by atoms with van der Waals surface area (Å²) in [5.41, 5.74) is 7.27. The predicted molar refractivity (Wildman–Crippen MR) is 46.3 cm³/mol. The second-order valence-corrected chi connectivity index (χ2v) is 3.01. The van der Waals surface area contributed by atoms with E-state index in [2.05, 4.69) is 0 Å². The Bertz CT molecular complexity index is 278. The first-order chi connectivity index (χ1) is 6.56. The van der Waals surface area contributed by atoms with Gasteiger partial charge in [0.15, 0.2) is 0 Å². The van der Waals surface area contributed by atoms with Crippen LogP contribution >= 0.6 is 0 Å². The van der Waals surface area contributed by atoms with E-state index in [1.807, 2.05) is 5.43 Å². The van der Waals surface area contributed by atoms with Crippen molar-refractivity contribution in [2.45, 2.75) is 18.9 Å². The van der Waals surface area contributed by atoms with Gasteiger partial charge in [0.2, 0.25) is 17.7 Å². The van der Waals surface area contributed by atoms with E-state index in [4.69, 9.17) is 11.6 Å².